The van der Waals surface area contributed by atoms with E-state index in [0.717, 1.165) is 35.5 Å². The molecule has 25 heavy (non-hydrogen) atoms. The van der Waals surface area contributed by atoms with Crippen LogP contribution in [0, 0.1) is 5.89 Å². The highest BCUT2D eigenvalue weighted by Gasteiger charge is 2.51. The summed E-state index contributed by atoms with van der Waals surface area (Å²) < 4.78 is 31.0. The number of methoxy groups -OCH3 is 5. The molecule has 1 aliphatic rings. The average molecular weight is 357 g/mol. The summed E-state index contributed by atoms with van der Waals surface area (Å²) in [5.41, 5.74) is -3.52. The first-order chi connectivity index (χ1) is 12.2. The van der Waals surface area contributed by atoms with E-state index in [1.165, 1.54) is 0 Å². The van der Waals surface area contributed by atoms with Gasteiger partial charge in [-0.05, 0) is 0 Å². The summed E-state index contributed by atoms with van der Waals surface area (Å²) >= 11 is 0. The van der Waals surface area contributed by atoms with Crippen molar-refractivity contribution in [1.29, 1.82) is 0 Å². The lowest BCUT2D eigenvalue weighted by Gasteiger charge is -2.14. The fraction of sp³-hybridized carbons (Fsp3) is 0.400. The molecule has 136 valence electrons. The zero-order valence-corrected chi connectivity index (χ0v) is 14.1. The summed E-state index contributed by atoms with van der Waals surface area (Å²) in [4.78, 5) is 61.2. The fourth-order valence-corrected chi connectivity index (χ4v) is 2.16. The molecule has 0 saturated heterocycles. The van der Waals surface area contributed by atoms with Gasteiger partial charge in [-0.3, -0.25) is 4.79 Å². The van der Waals surface area contributed by atoms with E-state index in [4.69, 9.17) is 1.37 Å². The van der Waals surface area contributed by atoms with Crippen LogP contribution in [0.25, 0.3) is 0 Å². The van der Waals surface area contributed by atoms with Gasteiger partial charge >= 0.3 is 29.8 Å². The Morgan fingerprint density at radius 3 is 1.20 bits per heavy atom. The lowest BCUT2D eigenvalue weighted by molar-refractivity contribution is -0.148. The summed E-state index contributed by atoms with van der Waals surface area (Å²) in [7, 11) is 4.57. The van der Waals surface area contributed by atoms with E-state index in [9.17, 15) is 24.0 Å². The first kappa shape index (κ1) is 18.2. The maximum absolute atomic E-state index is 12.3. The quantitative estimate of drug-likeness (QED) is 0.449. The lowest BCUT2D eigenvalue weighted by atomic mass is 9.94. The maximum atomic E-state index is 12.3. The standard InChI is InChI=1S/C15H16O10/c1-21-11(16)6-7(12(17)22-2)9(14(19)24-4)10(15(20)25-5)8(6)13(18)23-3/h6H,1-5H3/i6D. The van der Waals surface area contributed by atoms with Crippen molar-refractivity contribution in [2.75, 3.05) is 35.5 Å². The largest absolute Gasteiger partial charge is 0.468 e. The number of carbonyl (C=O) groups excluding carboxylic acids is 5. The summed E-state index contributed by atoms with van der Waals surface area (Å²) in [5, 5.41) is 0. The van der Waals surface area contributed by atoms with Crippen LogP contribution in [0.4, 0.5) is 0 Å². The Hall–Kier alpha value is -3.17. The Morgan fingerprint density at radius 1 is 0.640 bits per heavy atom. The monoisotopic (exact) mass is 357 g/mol. The van der Waals surface area contributed by atoms with Gasteiger partial charge in [0.25, 0.3) is 0 Å². The minimum absolute atomic E-state index is 0.827. The van der Waals surface area contributed by atoms with Crippen LogP contribution in [0.2, 0.25) is 0 Å². The highest BCUT2D eigenvalue weighted by atomic mass is 16.5. The molecular formula is C15H16O10. The molecule has 0 unspecified atom stereocenters. The molecule has 0 fully saturated rings. The van der Waals surface area contributed by atoms with Crippen LogP contribution >= 0.6 is 0 Å². The molecule has 0 spiro atoms. The van der Waals surface area contributed by atoms with Gasteiger partial charge in [-0.1, -0.05) is 0 Å². The van der Waals surface area contributed by atoms with E-state index in [-0.39, 0.29) is 0 Å². The van der Waals surface area contributed by atoms with E-state index in [1.807, 2.05) is 0 Å². The van der Waals surface area contributed by atoms with Crippen LogP contribution in [-0.2, 0) is 47.7 Å². The van der Waals surface area contributed by atoms with Gasteiger partial charge in [-0.15, -0.1) is 0 Å². The molecule has 0 bridgehead atoms. The predicted molar refractivity (Wildman–Crippen MR) is 77.6 cm³/mol. The highest BCUT2D eigenvalue weighted by molar-refractivity contribution is 6.21. The minimum atomic E-state index is -2.91. The van der Waals surface area contributed by atoms with Crippen molar-refractivity contribution in [2.24, 2.45) is 5.89 Å². The van der Waals surface area contributed by atoms with Crippen molar-refractivity contribution in [3.63, 3.8) is 0 Å². The third-order valence-electron chi connectivity index (χ3n) is 3.20. The summed E-state index contributed by atoms with van der Waals surface area (Å²) in [6, 6.07) is 0. The molecule has 1 aliphatic carbocycles. The number of hydrogen-bond donors (Lipinski definition) is 0. The Bertz CT molecular complexity index is 694. The molecule has 10 nitrogen and oxygen atoms in total. The van der Waals surface area contributed by atoms with Crippen LogP contribution in [0.5, 0.6) is 0 Å². The van der Waals surface area contributed by atoms with Gasteiger partial charge in [-0.25, -0.2) is 19.2 Å². The summed E-state index contributed by atoms with van der Waals surface area (Å²) in [5.74, 6) is -9.55. The van der Waals surface area contributed by atoms with Crippen LogP contribution in [-0.4, -0.2) is 65.4 Å². The molecule has 0 aromatic carbocycles. The number of ether oxygens (including phenoxy) is 5. The molecule has 0 aliphatic heterocycles. The average Bonchev–Trinajstić information content (AvgIpc) is 2.94. The number of carbonyl (C=O) groups is 5. The van der Waals surface area contributed by atoms with Crippen LogP contribution in [0.15, 0.2) is 22.3 Å². The van der Waals surface area contributed by atoms with Crippen molar-refractivity contribution >= 4 is 29.8 Å². The van der Waals surface area contributed by atoms with E-state index >= 15 is 0 Å². The minimum Gasteiger partial charge on any atom is -0.468 e. The van der Waals surface area contributed by atoms with E-state index in [1.54, 1.807) is 0 Å². The van der Waals surface area contributed by atoms with Crippen LogP contribution in [0.3, 0.4) is 0 Å². The van der Waals surface area contributed by atoms with Crippen molar-refractivity contribution in [3.8, 4) is 0 Å². The molecule has 0 aromatic heterocycles. The first-order valence-corrected chi connectivity index (χ1v) is 6.58. The normalized spacial score (nSPS) is 16.0. The topological polar surface area (TPSA) is 132 Å². The van der Waals surface area contributed by atoms with E-state index in [2.05, 4.69) is 23.7 Å². The Kier molecular flexibility index (Phi) is 5.88. The second kappa shape index (κ2) is 8.08. The maximum Gasteiger partial charge on any atom is 0.339 e. The Morgan fingerprint density at radius 2 is 0.960 bits per heavy atom. The van der Waals surface area contributed by atoms with Crippen molar-refractivity contribution < 1.29 is 49.0 Å². The van der Waals surface area contributed by atoms with E-state index in [0.29, 0.717) is 0 Å². The van der Waals surface area contributed by atoms with Gasteiger partial charge in [0.15, 0.2) is 0 Å². The highest BCUT2D eigenvalue weighted by Crippen LogP contribution is 2.40. The molecule has 0 amide bonds. The second-order valence-electron chi connectivity index (χ2n) is 4.33. The Labute approximate surface area is 143 Å². The molecule has 0 N–H and O–H groups in total. The third kappa shape index (κ3) is 3.37. The number of esters is 5. The van der Waals surface area contributed by atoms with Crippen molar-refractivity contribution in [3.05, 3.63) is 22.3 Å². The molecule has 0 atom stereocenters. The molecule has 0 radical (unpaired) electrons. The molecule has 1 rings (SSSR count). The lowest BCUT2D eigenvalue weighted by Crippen LogP contribution is -2.28. The Balaban J connectivity index is 4.12. The molecule has 0 saturated carbocycles. The molecule has 0 aromatic rings. The molecular weight excluding hydrogens is 340 g/mol. The van der Waals surface area contributed by atoms with Gasteiger partial charge in [0, 0.05) is 0 Å². The van der Waals surface area contributed by atoms with Gasteiger partial charge in [0.1, 0.15) is 5.89 Å². The third-order valence-corrected chi connectivity index (χ3v) is 3.20. The van der Waals surface area contributed by atoms with Crippen molar-refractivity contribution in [1.82, 2.24) is 0 Å². The van der Waals surface area contributed by atoms with E-state index < -0.39 is 58.0 Å². The zero-order valence-electron chi connectivity index (χ0n) is 15.1. The number of hydrogen-bond acceptors (Lipinski definition) is 10. The SMILES string of the molecule is [2H]C1(C(=O)OC)C(C(=O)OC)=C(C(=O)OC)C(C(=O)OC)=C1C(=O)OC. The van der Waals surface area contributed by atoms with Crippen LogP contribution < -0.4 is 0 Å². The smallest absolute Gasteiger partial charge is 0.339 e. The van der Waals surface area contributed by atoms with Gasteiger partial charge in [0.05, 0.1) is 59.2 Å². The van der Waals surface area contributed by atoms with Gasteiger partial charge in [-0.2, -0.15) is 0 Å². The fourth-order valence-electron chi connectivity index (χ4n) is 2.16. The van der Waals surface area contributed by atoms with Gasteiger partial charge in [0.2, 0.25) is 0 Å². The molecule has 10 heteroatoms. The molecule has 0 heterocycles. The van der Waals surface area contributed by atoms with Gasteiger partial charge < -0.3 is 23.7 Å². The summed E-state index contributed by atoms with van der Waals surface area (Å²) in [6.45, 7) is 0. The first-order valence-electron chi connectivity index (χ1n) is 7.08. The second-order valence-corrected chi connectivity index (χ2v) is 4.33. The number of rotatable bonds is 5. The summed E-state index contributed by atoms with van der Waals surface area (Å²) in [6.07, 6.45) is 0. The van der Waals surface area contributed by atoms with Crippen LogP contribution in [0.1, 0.15) is 1.37 Å². The van der Waals surface area contributed by atoms with Crippen molar-refractivity contribution in [2.45, 2.75) is 0 Å². The predicted octanol–water partition coefficient (Wildman–Crippen LogP) is -0.926. The zero-order chi connectivity index (χ0) is 20.2.